The van der Waals surface area contributed by atoms with Crippen LogP contribution in [-0.2, 0) is 14.8 Å². The summed E-state index contributed by atoms with van der Waals surface area (Å²) in [7, 11) is -3.92. The van der Waals surface area contributed by atoms with Crippen LogP contribution < -0.4 is 19.7 Å². The average molecular weight is 414 g/mol. The Morgan fingerprint density at radius 1 is 0.966 bits per heavy atom. The van der Waals surface area contributed by atoms with Crippen LogP contribution in [0.4, 0.5) is 0 Å². The van der Waals surface area contributed by atoms with E-state index >= 15 is 0 Å². The van der Waals surface area contributed by atoms with Crippen molar-refractivity contribution in [3.05, 3.63) is 66.7 Å². The number of carbonyl (C=O) groups is 1. The highest BCUT2D eigenvalue weighted by atomic mass is 32.2. The first-order valence-corrected chi connectivity index (χ1v) is 10.6. The van der Waals surface area contributed by atoms with E-state index in [-0.39, 0.29) is 4.90 Å². The monoisotopic (exact) mass is 414 g/mol. The van der Waals surface area contributed by atoms with Crippen molar-refractivity contribution in [2.75, 3.05) is 6.61 Å². The second-order valence-electron chi connectivity index (χ2n) is 6.27. The third-order valence-corrected chi connectivity index (χ3v) is 5.42. The van der Waals surface area contributed by atoms with Crippen LogP contribution in [0.5, 0.6) is 11.5 Å². The summed E-state index contributed by atoms with van der Waals surface area (Å²) in [5, 5.41) is 2.04. The molecule has 0 fully saturated rings. The highest BCUT2D eigenvalue weighted by Gasteiger charge is 2.19. The highest BCUT2D eigenvalue weighted by molar-refractivity contribution is 7.89. The molecular formula is C21H22N2O5S. The normalized spacial score (nSPS) is 12.3. The second-order valence-corrected chi connectivity index (χ2v) is 7.95. The zero-order chi connectivity index (χ0) is 20.9. The van der Waals surface area contributed by atoms with Gasteiger partial charge >= 0.3 is 0 Å². The van der Waals surface area contributed by atoms with Crippen LogP contribution in [0.15, 0.2) is 71.6 Å². The molecule has 0 aliphatic rings. The van der Waals surface area contributed by atoms with E-state index in [0.29, 0.717) is 18.1 Å². The molecule has 2 N–H and O–H groups in total. The maximum Gasteiger partial charge on any atom is 0.275 e. The number of nitrogens with one attached hydrogen (secondary N) is 2. The molecule has 3 aromatic carbocycles. The number of fused-ring (bicyclic) bond motifs is 1. The predicted molar refractivity (Wildman–Crippen MR) is 110 cm³/mol. The molecule has 0 unspecified atom stereocenters. The summed E-state index contributed by atoms with van der Waals surface area (Å²) in [4.78, 5) is 14.3. The average Bonchev–Trinajstić information content (AvgIpc) is 2.72. The van der Waals surface area contributed by atoms with Crippen molar-refractivity contribution in [1.29, 1.82) is 0 Å². The largest absolute Gasteiger partial charge is 0.494 e. The van der Waals surface area contributed by atoms with Crippen molar-refractivity contribution >= 4 is 26.7 Å². The molecule has 3 rings (SSSR count). The van der Waals surface area contributed by atoms with E-state index in [4.69, 9.17) is 9.47 Å². The van der Waals surface area contributed by atoms with Crippen molar-refractivity contribution in [1.82, 2.24) is 10.3 Å². The molecule has 7 nitrogen and oxygen atoms in total. The van der Waals surface area contributed by atoms with Crippen LogP contribution in [0.3, 0.4) is 0 Å². The summed E-state index contributed by atoms with van der Waals surface area (Å²) in [5.74, 6) is 0.460. The minimum absolute atomic E-state index is 0.00403. The topological polar surface area (TPSA) is 93.7 Å². The van der Waals surface area contributed by atoms with Gasteiger partial charge in [0, 0.05) is 0 Å². The van der Waals surface area contributed by atoms with Gasteiger partial charge in [0.2, 0.25) is 0 Å². The van der Waals surface area contributed by atoms with E-state index in [1.165, 1.54) is 19.1 Å². The number of amides is 1. The van der Waals surface area contributed by atoms with Crippen LogP contribution in [0.25, 0.3) is 10.8 Å². The summed E-state index contributed by atoms with van der Waals surface area (Å²) >= 11 is 0. The molecule has 0 aliphatic heterocycles. The number of hydrazine groups is 1. The summed E-state index contributed by atoms with van der Waals surface area (Å²) in [6, 6.07) is 19.1. The number of ether oxygens (including phenoxy) is 2. The van der Waals surface area contributed by atoms with Gasteiger partial charge in [-0.1, -0.05) is 30.3 Å². The summed E-state index contributed by atoms with van der Waals surface area (Å²) in [6.45, 7) is 3.86. The van der Waals surface area contributed by atoms with Crippen molar-refractivity contribution in [3.8, 4) is 11.5 Å². The van der Waals surface area contributed by atoms with E-state index in [1.807, 2.05) is 43.3 Å². The third-order valence-electron chi connectivity index (χ3n) is 4.16. The maximum absolute atomic E-state index is 12.3. The molecule has 152 valence electrons. The summed E-state index contributed by atoms with van der Waals surface area (Å²) in [5.41, 5.74) is 2.19. The lowest BCUT2D eigenvalue weighted by Crippen LogP contribution is -2.47. The van der Waals surface area contributed by atoms with Gasteiger partial charge in [0.05, 0.1) is 11.5 Å². The van der Waals surface area contributed by atoms with Crippen LogP contribution in [0.2, 0.25) is 0 Å². The fourth-order valence-electron chi connectivity index (χ4n) is 2.66. The van der Waals surface area contributed by atoms with Gasteiger partial charge in [-0.2, -0.15) is 0 Å². The Labute approximate surface area is 169 Å². The first kappa shape index (κ1) is 20.6. The maximum atomic E-state index is 12.3. The van der Waals surface area contributed by atoms with Gasteiger partial charge in [-0.15, -0.1) is 4.83 Å². The lowest BCUT2D eigenvalue weighted by molar-refractivity contribution is -0.127. The van der Waals surface area contributed by atoms with Gasteiger partial charge < -0.3 is 9.47 Å². The Morgan fingerprint density at radius 2 is 1.62 bits per heavy atom. The van der Waals surface area contributed by atoms with Crippen molar-refractivity contribution in [3.63, 3.8) is 0 Å². The van der Waals surface area contributed by atoms with Crippen molar-refractivity contribution in [2.24, 2.45) is 0 Å². The SMILES string of the molecule is CCOc1ccc(S(=O)(=O)NNC(=O)[C@H](C)Oc2ccc3ccccc3c2)cc1. The zero-order valence-electron chi connectivity index (χ0n) is 16.1. The van der Waals surface area contributed by atoms with E-state index in [9.17, 15) is 13.2 Å². The number of rotatable bonds is 8. The molecule has 0 bridgehead atoms. The summed E-state index contributed by atoms with van der Waals surface area (Å²) in [6.07, 6.45) is -0.904. The van der Waals surface area contributed by atoms with Crippen molar-refractivity contribution < 1.29 is 22.7 Å². The molecule has 29 heavy (non-hydrogen) atoms. The van der Waals surface area contributed by atoms with Gasteiger partial charge in [-0.25, -0.2) is 8.42 Å². The molecule has 0 aliphatic carbocycles. The molecule has 3 aromatic rings. The molecule has 0 radical (unpaired) electrons. The predicted octanol–water partition coefficient (Wildman–Crippen LogP) is 3.02. The first-order chi connectivity index (χ1) is 13.9. The number of sulfonamides is 1. The highest BCUT2D eigenvalue weighted by Crippen LogP contribution is 2.21. The molecule has 8 heteroatoms. The van der Waals surface area contributed by atoms with E-state index < -0.39 is 22.0 Å². The number of benzene rings is 3. The Kier molecular flexibility index (Phi) is 6.36. The van der Waals surface area contributed by atoms with Crippen LogP contribution in [0, 0.1) is 0 Å². The molecular weight excluding hydrogens is 392 g/mol. The smallest absolute Gasteiger partial charge is 0.275 e. The molecule has 1 atom stereocenters. The number of hydrogen-bond acceptors (Lipinski definition) is 5. The molecule has 0 spiro atoms. The number of hydrogen-bond donors (Lipinski definition) is 2. The fraction of sp³-hybridized carbons (Fsp3) is 0.190. The van der Waals surface area contributed by atoms with Gasteiger partial charge in [-0.3, -0.25) is 10.2 Å². The van der Waals surface area contributed by atoms with E-state index in [1.54, 1.807) is 18.2 Å². The van der Waals surface area contributed by atoms with Gasteiger partial charge in [-0.05, 0) is 61.0 Å². The molecule has 0 saturated carbocycles. The van der Waals surface area contributed by atoms with Gasteiger partial charge in [0.1, 0.15) is 11.5 Å². The standard InChI is InChI=1S/C21H22N2O5S/c1-3-27-18-10-12-20(13-11-18)29(25,26)23-22-21(24)15(2)28-19-9-8-16-6-4-5-7-17(16)14-19/h4-15,23H,3H2,1-2H3,(H,22,24)/t15-/m0/s1. The fourth-order valence-corrected chi connectivity index (χ4v) is 3.51. The molecule has 0 aromatic heterocycles. The third kappa shape index (κ3) is 5.24. The second kappa shape index (κ2) is 8.93. The van der Waals surface area contributed by atoms with Crippen LogP contribution in [0.1, 0.15) is 13.8 Å². The summed E-state index contributed by atoms with van der Waals surface area (Å²) < 4.78 is 35.6. The number of carbonyl (C=O) groups excluding carboxylic acids is 1. The van der Waals surface area contributed by atoms with Gasteiger partial charge in [0.25, 0.3) is 15.9 Å². The van der Waals surface area contributed by atoms with Gasteiger partial charge in [0.15, 0.2) is 6.10 Å². The first-order valence-electron chi connectivity index (χ1n) is 9.09. The van der Waals surface area contributed by atoms with E-state index in [2.05, 4.69) is 10.3 Å². The quantitative estimate of drug-likeness (QED) is 0.553. The molecule has 0 saturated heterocycles. The zero-order valence-corrected chi connectivity index (χ0v) is 16.9. The van der Waals surface area contributed by atoms with Crippen molar-refractivity contribution in [2.45, 2.75) is 24.8 Å². The minimum Gasteiger partial charge on any atom is -0.494 e. The van der Waals surface area contributed by atoms with Crippen LogP contribution >= 0.6 is 0 Å². The Balaban J connectivity index is 1.59. The lowest BCUT2D eigenvalue weighted by Gasteiger charge is -2.16. The Hall–Kier alpha value is -3.10. The molecule has 0 heterocycles. The minimum atomic E-state index is -3.92. The Morgan fingerprint density at radius 3 is 2.31 bits per heavy atom. The molecule has 1 amide bonds. The lowest BCUT2D eigenvalue weighted by atomic mass is 10.1. The van der Waals surface area contributed by atoms with Crippen LogP contribution in [-0.4, -0.2) is 27.0 Å². The van der Waals surface area contributed by atoms with E-state index in [0.717, 1.165) is 10.8 Å². The Bertz CT molecular complexity index is 1100.